The van der Waals surface area contributed by atoms with Crippen LogP contribution >= 0.6 is 0 Å². The molecule has 0 radical (unpaired) electrons. The molecule has 286 valence electrons. The van der Waals surface area contributed by atoms with Crippen molar-refractivity contribution in [3.63, 3.8) is 0 Å². The number of nitrogens with two attached hydrogens (primary N) is 1. The summed E-state index contributed by atoms with van der Waals surface area (Å²) in [6.07, 6.45) is 3.20. The topological polar surface area (TPSA) is 187 Å². The first-order valence-electron chi connectivity index (χ1n) is 18.1. The normalized spacial score (nSPS) is 14.9. The minimum absolute atomic E-state index is 0.0552. The van der Waals surface area contributed by atoms with Crippen LogP contribution in [0.15, 0.2) is 54.3 Å². The molecule has 4 heterocycles. The second kappa shape index (κ2) is 17.9. The maximum atomic E-state index is 14.3. The first-order chi connectivity index (χ1) is 25.8. The Morgan fingerprint density at radius 1 is 1.06 bits per heavy atom. The SMILES string of the molecule is C=CC(=O)Nc1c(C(=O)NCc2c(C)cc(C)nc2N)cc(-c2ccc(N3CCN(C)CC3)nc2)cc1N(C(=O)CC(=O)NN=C(C)C)C1CCOCC1. The molecule has 0 bridgehead atoms. The van der Waals surface area contributed by atoms with Crippen LogP contribution in [0.5, 0.6) is 0 Å². The van der Waals surface area contributed by atoms with Crippen molar-refractivity contribution >= 4 is 52.4 Å². The Morgan fingerprint density at radius 2 is 1.78 bits per heavy atom. The molecule has 2 aromatic heterocycles. The fourth-order valence-electron chi connectivity index (χ4n) is 6.55. The Morgan fingerprint density at radius 3 is 2.41 bits per heavy atom. The van der Waals surface area contributed by atoms with E-state index in [9.17, 15) is 19.2 Å². The number of carbonyl (C=O) groups excluding carboxylic acids is 4. The Hall–Kier alpha value is -5.67. The first kappa shape index (κ1) is 39.5. The molecule has 3 aromatic rings. The number of carbonyl (C=O) groups is 4. The second-order valence-electron chi connectivity index (χ2n) is 13.8. The molecule has 0 unspecified atom stereocenters. The number of amides is 4. The fourth-order valence-corrected chi connectivity index (χ4v) is 6.55. The molecule has 4 amide bonds. The third-order valence-electron chi connectivity index (χ3n) is 9.44. The molecule has 0 saturated carbocycles. The summed E-state index contributed by atoms with van der Waals surface area (Å²) in [6.45, 7) is 15.1. The van der Waals surface area contributed by atoms with Crippen molar-refractivity contribution in [1.29, 1.82) is 0 Å². The van der Waals surface area contributed by atoms with Gasteiger partial charge in [-0.2, -0.15) is 5.10 Å². The summed E-state index contributed by atoms with van der Waals surface area (Å²) in [5.74, 6) is -1.15. The average molecular weight is 739 g/mol. The van der Waals surface area contributed by atoms with Gasteiger partial charge in [0.15, 0.2) is 0 Å². The number of hydrazone groups is 1. The van der Waals surface area contributed by atoms with Crippen LogP contribution < -0.4 is 31.6 Å². The monoisotopic (exact) mass is 738 g/mol. The van der Waals surface area contributed by atoms with E-state index in [1.165, 1.54) is 4.90 Å². The summed E-state index contributed by atoms with van der Waals surface area (Å²) >= 11 is 0. The number of ether oxygens (including phenoxy) is 1. The number of hydrogen-bond acceptors (Lipinski definition) is 11. The molecule has 15 heteroatoms. The van der Waals surface area contributed by atoms with Gasteiger partial charge in [-0.25, -0.2) is 15.4 Å². The molecule has 2 fully saturated rings. The summed E-state index contributed by atoms with van der Waals surface area (Å²) in [5.41, 5.74) is 13.2. The smallest absolute Gasteiger partial charge is 0.253 e. The third kappa shape index (κ3) is 9.85. The van der Waals surface area contributed by atoms with E-state index in [0.29, 0.717) is 54.3 Å². The largest absolute Gasteiger partial charge is 0.383 e. The fraction of sp³-hybridized carbons (Fsp3) is 0.410. The Labute approximate surface area is 316 Å². The van der Waals surface area contributed by atoms with Crippen molar-refractivity contribution in [2.75, 3.05) is 67.3 Å². The number of likely N-dealkylation sites (N-methyl/N-ethyl adjacent to an activating group) is 1. The van der Waals surface area contributed by atoms with Crippen LogP contribution in [0.25, 0.3) is 11.1 Å². The van der Waals surface area contributed by atoms with Gasteiger partial charge in [0.25, 0.3) is 5.91 Å². The predicted molar refractivity (Wildman–Crippen MR) is 210 cm³/mol. The molecule has 15 nitrogen and oxygen atoms in total. The molecule has 1 aromatic carbocycles. The van der Waals surface area contributed by atoms with Crippen LogP contribution in [0.2, 0.25) is 0 Å². The van der Waals surface area contributed by atoms with Gasteiger partial charge in [0.2, 0.25) is 17.7 Å². The van der Waals surface area contributed by atoms with E-state index in [1.54, 1.807) is 32.2 Å². The number of aromatic nitrogens is 2. The lowest BCUT2D eigenvalue weighted by Crippen LogP contribution is -2.45. The summed E-state index contributed by atoms with van der Waals surface area (Å²) < 4.78 is 5.63. The van der Waals surface area contributed by atoms with Gasteiger partial charge in [-0.1, -0.05) is 6.58 Å². The zero-order valence-corrected chi connectivity index (χ0v) is 31.7. The molecule has 0 aliphatic carbocycles. The number of piperazine rings is 1. The van der Waals surface area contributed by atoms with Crippen molar-refractivity contribution in [2.45, 2.75) is 59.5 Å². The van der Waals surface area contributed by atoms with E-state index in [2.05, 4.69) is 49.6 Å². The van der Waals surface area contributed by atoms with Crippen LogP contribution in [0.1, 0.15) is 60.3 Å². The number of anilines is 4. The van der Waals surface area contributed by atoms with Crippen molar-refractivity contribution in [3.05, 3.63) is 71.6 Å². The highest BCUT2D eigenvalue weighted by molar-refractivity contribution is 6.14. The second-order valence-corrected chi connectivity index (χ2v) is 13.8. The lowest BCUT2D eigenvalue weighted by atomic mass is 9.97. The molecular weight excluding hydrogens is 688 g/mol. The number of rotatable bonds is 12. The molecule has 2 aliphatic rings. The van der Waals surface area contributed by atoms with E-state index in [1.807, 2.05) is 32.0 Å². The summed E-state index contributed by atoms with van der Waals surface area (Å²) in [5, 5.41) is 9.73. The van der Waals surface area contributed by atoms with E-state index in [0.717, 1.165) is 49.3 Å². The highest BCUT2D eigenvalue weighted by atomic mass is 16.5. The number of aryl methyl sites for hydroxylation is 2. The van der Waals surface area contributed by atoms with E-state index in [-0.39, 0.29) is 23.5 Å². The molecule has 0 spiro atoms. The maximum absolute atomic E-state index is 14.3. The zero-order valence-electron chi connectivity index (χ0n) is 31.7. The van der Waals surface area contributed by atoms with Gasteiger partial charge in [0.1, 0.15) is 18.1 Å². The number of nitrogen functional groups attached to an aromatic ring is 1. The van der Waals surface area contributed by atoms with Gasteiger partial charge in [0, 0.05) is 80.7 Å². The predicted octanol–water partition coefficient (Wildman–Crippen LogP) is 3.56. The summed E-state index contributed by atoms with van der Waals surface area (Å²) in [7, 11) is 2.09. The zero-order chi connectivity index (χ0) is 38.9. The van der Waals surface area contributed by atoms with Crippen molar-refractivity contribution in [1.82, 2.24) is 25.6 Å². The van der Waals surface area contributed by atoms with Crippen LogP contribution in [-0.2, 0) is 25.7 Å². The molecular formula is C39H50N10O5. The van der Waals surface area contributed by atoms with Gasteiger partial charge in [-0.05, 0) is 95.1 Å². The molecule has 5 rings (SSSR count). The van der Waals surface area contributed by atoms with Crippen LogP contribution in [0.3, 0.4) is 0 Å². The van der Waals surface area contributed by atoms with Gasteiger partial charge in [-0.15, -0.1) is 0 Å². The molecule has 54 heavy (non-hydrogen) atoms. The summed E-state index contributed by atoms with van der Waals surface area (Å²) in [6, 6.07) is 8.72. The van der Waals surface area contributed by atoms with E-state index >= 15 is 0 Å². The lowest BCUT2D eigenvalue weighted by Gasteiger charge is -2.36. The minimum atomic E-state index is -0.604. The van der Waals surface area contributed by atoms with E-state index in [4.69, 9.17) is 15.5 Å². The van der Waals surface area contributed by atoms with Gasteiger partial charge in [0.05, 0.1) is 16.9 Å². The average Bonchev–Trinajstić information content (AvgIpc) is 3.14. The standard InChI is InChI=1S/C39H50N10O5/c1-7-34(50)44-37-30(39(53)42-23-31-25(4)18-26(5)43-38(31)40)19-28(27-8-9-33(41-22-27)48-14-12-47(6)13-15-48)20-32(37)49(29-10-16-54-17-11-29)36(52)21-35(51)46-45-24(2)3/h7-9,18-20,22,29H,1,10-17,21,23H2,2-6H3,(H2,40,43)(H,42,53)(H,44,50)(H,46,51). The van der Waals surface area contributed by atoms with Crippen molar-refractivity contribution in [2.24, 2.45) is 5.10 Å². The Bertz CT molecular complexity index is 1890. The highest BCUT2D eigenvalue weighted by Gasteiger charge is 2.33. The number of hydrogen-bond donors (Lipinski definition) is 4. The number of pyridine rings is 2. The number of benzene rings is 1. The Balaban J connectivity index is 1.64. The minimum Gasteiger partial charge on any atom is -0.383 e. The van der Waals surface area contributed by atoms with Crippen LogP contribution in [-0.4, -0.2) is 96.7 Å². The van der Waals surface area contributed by atoms with Gasteiger partial charge < -0.3 is 35.8 Å². The Kier molecular flexibility index (Phi) is 13.1. The van der Waals surface area contributed by atoms with Gasteiger partial charge in [-0.3, -0.25) is 19.2 Å². The summed E-state index contributed by atoms with van der Waals surface area (Å²) in [4.78, 5) is 69.8. The molecule has 5 N–H and O–H groups in total. The maximum Gasteiger partial charge on any atom is 0.253 e. The molecule has 0 atom stereocenters. The number of nitrogens with one attached hydrogen (secondary N) is 3. The van der Waals surface area contributed by atoms with Crippen molar-refractivity contribution in [3.8, 4) is 11.1 Å². The lowest BCUT2D eigenvalue weighted by molar-refractivity contribution is -0.128. The quantitative estimate of drug-likeness (QED) is 0.0927. The number of nitrogens with zero attached hydrogens (tertiary/aromatic N) is 6. The third-order valence-corrected chi connectivity index (χ3v) is 9.44. The highest BCUT2D eigenvalue weighted by Crippen LogP contribution is 2.39. The van der Waals surface area contributed by atoms with Crippen molar-refractivity contribution < 1.29 is 23.9 Å². The first-order valence-corrected chi connectivity index (χ1v) is 18.1. The molecule has 2 saturated heterocycles. The van der Waals surface area contributed by atoms with E-state index < -0.39 is 36.1 Å². The van der Waals surface area contributed by atoms with Crippen LogP contribution in [0, 0.1) is 13.8 Å². The van der Waals surface area contributed by atoms with Gasteiger partial charge >= 0.3 is 0 Å². The molecule has 2 aliphatic heterocycles. The van der Waals surface area contributed by atoms with Crippen LogP contribution in [0.4, 0.5) is 23.0 Å².